The summed E-state index contributed by atoms with van der Waals surface area (Å²) in [7, 11) is 0. The lowest BCUT2D eigenvalue weighted by Gasteiger charge is -2.02. The van der Waals surface area contributed by atoms with E-state index < -0.39 is 0 Å². The normalized spacial score (nSPS) is 10.0. The summed E-state index contributed by atoms with van der Waals surface area (Å²) in [5.41, 5.74) is 0. The Labute approximate surface area is 80.5 Å². The summed E-state index contributed by atoms with van der Waals surface area (Å²) in [6.45, 7) is 2.56. The third-order valence-electron chi connectivity index (χ3n) is 1.30. The zero-order valence-corrected chi connectivity index (χ0v) is 7.91. The fourth-order valence-electron chi connectivity index (χ4n) is 0.813. The third kappa shape index (κ3) is 3.65. The molecule has 0 fully saturated rings. The van der Waals surface area contributed by atoms with Crippen LogP contribution in [0, 0.1) is 0 Å². The smallest absolute Gasteiger partial charge is 0.119 e. The van der Waals surface area contributed by atoms with E-state index in [1.54, 1.807) is 12.1 Å². The first-order valence-corrected chi connectivity index (χ1v) is 4.48. The van der Waals surface area contributed by atoms with Gasteiger partial charge >= 0.3 is 0 Å². The molecule has 1 aromatic carbocycles. The predicted molar refractivity (Wildman–Crippen MR) is 48.3 cm³/mol. The molecule has 0 radical (unpaired) electrons. The van der Waals surface area contributed by atoms with Crippen LogP contribution in [0.25, 0.3) is 0 Å². The van der Waals surface area contributed by atoms with Crippen LogP contribution in [-0.2, 0) is 9.37 Å². The third-order valence-corrected chi connectivity index (χ3v) is 1.89. The van der Waals surface area contributed by atoms with Crippen molar-refractivity contribution in [2.45, 2.75) is 11.8 Å². The van der Waals surface area contributed by atoms with Crippen LogP contribution < -0.4 is 4.74 Å². The molecule has 72 valence electrons. The molecule has 1 N–H and O–H groups in total. The summed E-state index contributed by atoms with van der Waals surface area (Å²) in [5, 5.41) is 11.4. The minimum absolute atomic E-state index is 0.642. The van der Waals surface area contributed by atoms with Gasteiger partial charge in [-0.1, -0.05) is 5.04 Å². The Morgan fingerprint density at radius 1 is 1.31 bits per heavy atom. The summed E-state index contributed by atoms with van der Waals surface area (Å²) < 4.78 is 9.49. The van der Waals surface area contributed by atoms with E-state index in [1.807, 2.05) is 19.1 Å². The minimum atomic E-state index is 0.642. The Kier molecular flexibility index (Phi) is 4.63. The minimum Gasteiger partial charge on any atom is -0.494 e. The first kappa shape index (κ1) is 10.3. The second-order valence-corrected chi connectivity index (χ2v) is 2.90. The molecule has 0 atom stereocenters. The molecule has 0 aliphatic carbocycles. The molecule has 0 unspecified atom stereocenters. The molecular formula is C8H10O4S. The molecule has 1 aromatic rings. The van der Waals surface area contributed by atoms with E-state index in [1.165, 1.54) is 0 Å². The van der Waals surface area contributed by atoms with Crippen molar-refractivity contribution in [3.05, 3.63) is 24.3 Å². The Morgan fingerprint density at radius 2 is 2.00 bits per heavy atom. The van der Waals surface area contributed by atoms with Crippen LogP contribution in [-0.4, -0.2) is 11.9 Å². The first-order chi connectivity index (χ1) is 6.36. The molecule has 0 heterocycles. The fourth-order valence-corrected chi connectivity index (χ4v) is 1.17. The largest absolute Gasteiger partial charge is 0.494 e. The van der Waals surface area contributed by atoms with Crippen LogP contribution in [0.4, 0.5) is 0 Å². The van der Waals surface area contributed by atoms with Crippen molar-refractivity contribution in [1.82, 2.24) is 0 Å². The van der Waals surface area contributed by atoms with E-state index in [0.717, 1.165) is 22.7 Å². The van der Waals surface area contributed by atoms with Crippen LogP contribution in [0.3, 0.4) is 0 Å². The van der Waals surface area contributed by atoms with Crippen molar-refractivity contribution in [2.75, 3.05) is 6.61 Å². The maximum absolute atomic E-state index is 7.90. The summed E-state index contributed by atoms with van der Waals surface area (Å²) in [4.78, 5) is 0.817. The van der Waals surface area contributed by atoms with Gasteiger partial charge in [-0.2, -0.15) is 0 Å². The van der Waals surface area contributed by atoms with Gasteiger partial charge in [0.2, 0.25) is 0 Å². The van der Waals surface area contributed by atoms with Gasteiger partial charge in [-0.25, -0.2) is 5.26 Å². The summed E-state index contributed by atoms with van der Waals surface area (Å²) in [5.74, 6) is 0.803. The zero-order chi connectivity index (χ0) is 9.52. The Balaban J connectivity index is 2.48. The molecule has 1 rings (SSSR count). The van der Waals surface area contributed by atoms with Crippen molar-refractivity contribution < 1.29 is 19.4 Å². The SMILES string of the molecule is CCOc1ccc(SOOO)cc1. The molecule has 4 nitrogen and oxygen atoms in total. The number of rotatable bonds is 5. The maximum Gasteiger partial charge on any atom is 0.119 e. The zero-order valence-electron chi connectivity index (χ0n) is 7.10. The second kappa shape index (κ2) is 5.82. The number of benzene rings is 1. The van der Waals surface area contributed by atoms with E-state index in [9.17, 15) is 0 Å². The molecule has 0 saturated carbocycles. The molecule has 5 heteroatoms. The van der Waals surface area contributed by atoms with E-state index in [0.29, 0.717) is 6.61 Å². The molecular weight excluding hydrogens is 192 g/mol. The van der Waals surface area contributed by atoms with Crippen LogP contribution in [0.1, 0.15) is 6.92 Å². The van der Waals surface area contributed by atoms with Gasteiger partial charge in [0.1, 0.15) is 5.75 Å². The van der Waals surface area contributed by atoms with E-state index >= 15 is 0 Å². The van der Waals surface area contributed by atoms with Gasteiger partial charge in [-0.05, 0) is 31.2 Å². The Morgan fingerprint density at radius 3 is 2.54 bits per heavy atom. The first-order valence-electron chi connectivity index (χ1n) is 3.74. The molecule has 0 aliphatic heterocycles. The lowest BCUT2D eigenvalue weighted by molar-refractivity contribution is -0.432. The van der Waals surface area contributed by atoms with Gasteiger partial charge in [0.15, 0.2) is 0 Å². The lowest BCUT2D eigenvalue weighted by atomic mass is 10.3. The monoisotopic (exact) mass is 202 g/mol. The van der Waals surface area contributed by atoms with Crippen LogP contribution >= 0.6 is 12.0 Å². The van der Waals surface area contributed by atoms with Crippen molar-refractivity contribution in [3.8, 4) is 5.75 Å². The summed E-state index contributed by atoms with van der Waals surface area (Å²) >= 11 is 0.919. The van der Waals surface area contributed by atoms with E-state index in [2.05, 4.69) is 9.37 Å². The summed E-state index contributed by atoms with van der Waals surface area (Å²) in [6, 6.07) is 7.22. The average Bonchev–Trinajstić information content (AvgIpc) is 2.17. The van der Waals surface area contributed by atoms with Crippen LogP contribution in [0.2, 0.25) is 0 Å². The standard InChI is InChI=1S/C8H10O4S/c1-2-10-7-3-5-8(6-4-7)13-12-11-9/h3-6,9H,2H2,1H3. The Bertz CT molecular complexity index is 236. The highest BCUT2D eigenvalue weighted by molar-refractivity contribution is 7.94. The van der Waals surface area contributed by atoms with Crippen molar-refractivity contribution in [1.29, 1.82) is 0 Å². The van der Waals surface area contributed by atoms with Crippen molar-refractivity contribution in [3.63, 3.8) is 0 Å². The number of ether oxygens (including phenoxy) is 1. The number of hydrogen-bond acceptors (Lipinski definition) is 5. The maximum atomic E-state index is 7.90. The Hall–Kier alpha value is -0.750. The van der Waals surface area contributed by atoms with Crippen molar-refractivity contribution in [2.24, 2.45) is 0 Å². The van der Waals surface area contributed by atoms with Crippen LogP contribution in [0.15, 0.2) is 29.2 Å². The highest BCUT2D eigenvalue weighted by Gasteiger charge is 1.96. The lowest BCUT2D eigenvalue weighted by Crippen LogP contribution is -1.90. The fraction of sp³-hybridized carbons (Fsp3) is 0.250. The molecule has 0 saturated heterocycles. The highest BCUT2D eigenvalue weighted by atomic mass is 32.2. The molecule has 0 aliphatic rings. The van der Waals surface area contributed by atoms with Gasteiger partial charge in [0.25, 0.3) is 0 Å². The number of hydrogen-bond donors (Lipinski definition) is 1. The molecule has 13 heavy (non-hydrogen) atoms. The van der Waals surface area contributed by atoms with Gasteiger partial charge in [0, 0.05) is 4.90 Å². The molecule has 0 bridgehead atoms. The van der Waals surface area contributed by atoms with Gasteiger partial charge in [0.05, 0.1) is 18.6 Å². The van der Waals surface area contributed by atoms with Gasteiger partial charge in [-0.15, -0.1) is 4.33 Å². The van der Waals surface area contributed by atoms with Gasteiger partial charge in [-0.3, -0.25) is 0 Å². The summed E-state index contributed by atoms with van der Waals surface area (Å²) in [6.07, 6.45) is 0. The molecule has 0 aromatic heterocycles. The average molecular weight is 202 g/mol. The van der Waals surface area contributed by atoms with Gasteiger partial charge < -0.3 is 4.74 Å². The van der Waals surface area contributed by atoms with Crippen molar-refractivity contribution >= 4 is 12.0 Å². The highest BCUT2D eigenvalue weighted by Crippen LogP contribution is 2.21. The second-order valence-electron chi connectivity index (χ2n) is 2.13. The predicted octanol–water partition coefficient (Wildman–Crippen LogP) is 2.51. The topological polar surface area (TPSA) is 47.9 Å². The van der Waals surface area contributed by atoms with E-state index in [4.69, 9.17) is 9.99 Å². The molecule has 0 spiro atoms. The molecule has 0 amide bonds. The quantitative estimate of drug-likeness (QED) is 0.451. The van der Waals surface area contributed by atoms with E-state index in [-0.39, 0.29) is 0 Å². The van der Waals surface area contributed by atoms with Crippen LogP contribution in [0.5, 0.6) is 5.75 Å².